The predicted molar refractivity (Wildman–Crippen MR) is 141 cm³/mol. The fraction of sp³-hybridized carbons (Fsp3) is 0.179. The molecule has 186 valence electrons. The van der Waals surface area contributed by atoms with Crippen LogP contribution in [0.3, 0.4) is 0 Å². The van der Waals surface area contributed by atoms with E-state index in [1.807, 2.05) is 31.2 Å². The number of rotatable bonds is 6. The van der Waals surface area contributed by atoms with Crippen molar-refractivity contribution in [1.29, 1.82) is 0 Å². The normalized spacial score (nSPS) is 13.8. The Morgan fingerprint density at radius 2 is 1.95 bits per heavy atom. The lowest BCUT2D eigenvalue weighted by atomic mass is 10.0. The van der Waals surface area contributed by atoms with Gasteiger partial charge < -0.3 is 18.5 Å². The van der Waals surface area contributed by atoms with E-state index in [-0.39, 0.29) is 17.2 Å². The third-order valence-corrected chi connectivity index (χ3v) is 6.96. The SMILES string of the molecule is C#Cc1ccc2c(c1)[nH]c1c2c(=O)c2cc(OCC)c(-c3cccc(OS(=O)(=O)F)c3)cc2n1C1CC1. The summed E-state index contributed by atoms with van der Waals surface area (Å²) < 4.78 is 47.7. The zero-order valence-electron chi connectivity index (χ0n) is 19.7. The average Bonchev–Trinajstić information content (AvgIpc) is 3.62. The topological polar surface area (TPSA) is 90.4 Å². The van der Waals surface area contributed by atoms with Crippen molar-refractivity contribution >= 4 is 43.3 Å². The lowest BCUT2D eigenvalue weighted by molar-refractivity contribution is 0.342. The Morgan fingerprint density at radius 1 is 1.14 bits per heavy atom. The summed E-state index contributed by atoms with van der Waals surface area (Å²) in [4.78, 5) is 17.3. The predicted octanol–water partition coefficient (Wildman–Crippen LogP) is 5.61. The summed E-state index contributed by atoms with van der Waals surface area (Å²) in [5.41, 5.74) is 3.98. The first kappa shape index (κ1) is 23.1. The number of hydrogen-bond acceptors (Lipinski definition) is 5. The molecule has 5 aromatic rings. The number of ether oxygens (including phenoxy) is 1. The number of pyridine rings is 1. The molecule has 3 aromatic carbocycles. The summed E-state index contributed by atoms with van der Waals surface area (Å²) in [6.45, 7) is 2.17. The van der Waals surface area contributed by atoms with E-state index in [0.29, 0.717) is 45.3 Å². The number of hydrogen-bond donors (Lipinski definition) is 1. The summed E-state index contributed by atoms with van der Waals surface area (Å²) in [5.74, 6) is 2.91. The maximum atomic E-state index is 13.9. The van der Waals surface area contributed by atoms with Gasteiger partial charge in [-0.2, -0.15) is 8.42 Å². The molecule has 0 unspecified atom stereocenters. The van der Waals surface area contributed by atoms with E-state index in [1.165, 1.54) is 12.1 Å². The summed E-state index contributed by atoms with van der Waals surface area (Å²) in [6.07, 6.45) is 7.53. The summed E-state index contributed by atoms with van der Waals surface area (Å²) >= 11 is 0. The molecular formula is C28H21FN2O5S. The number of benzene rings is 3. The van der Waals surface area contributed by atoms with Gasteiger partial charge >= 0.3 is 10.5 Å². The minimum atomic E-state index is -5.18. The van der Waals surface area contributed by atoms with Crippen molar-refractivity contribution in [3.63, 3.8) is 0 Å². The van der Waals surface area contributed by atoms with Gasteiger partial charge in [0.25, 0.3) is 0 Å². The molecule has 6 rings (SSSR count). The second-order valence-electron chi connectivity index (χ2n) is 8.99. The number of terminal acetylenes is 1. The van der Waals surface area contributed by atoms with Crippen molar-refractivity contribution in [2.24, 2.45) is 0 Å². The number of halogens is 1. The molecular weight excluding hydrogens is 495 g/mol. The number of aromatic nitrogens is 2. The molecule has 0 amide bonds. The number of nitrogens with one attached hydrogen (secondary N) is 1. The Bertz CT molecular complexity index is 1950. The van der Waals surface area contributed by atoms with Crippen LogP contribution in [0.25, 0.3) is 44.0 Å². The molecule has 0 spiro atoms. The van der Waals surface area contributed by atoms with Gasteiger partial charge in [-0.15, -0.1) is 6.42 Å². The van der Waals surface area contributed by atoms with E-state index in [4.69, 9.17) is 11.2 Å². The van der Waals surface area contributed by atoms with Gasteiger partial charge in [-0.3, -0.25) is 4.79 Å². The zero-order valence-corrected chi connectivity index (χ0v) is 20.6. The van der Waals surface area contributed by atoms with Gasteiger partial charge in [0.15, 0.2) is 5.43 Å². The molecule has 0 bridgehead atoms. The molecule has 7 nitrogen and oxygen atoms in total. The standard InChI is InChI=1S/C28H21FN2O5S/c1-3-16-8-11-20-23(12-16)30-28-26(20)27(32)22-15-25(35-4-2)21(14-24(22)31(28)18-9-10-18)17-6-5-7-19(13-17)36-37(29,33)34/h1,5-8,11-15,18,30H,4,9-10H2,2H3. The van der Waals surface area contributed by atoms with Crippen LogP contribution in [0.1, 0.15) is 31.4 Å². The highest BCUT2D eigenvalue weighted by atomic mass is 32.3. The Balaban J connectivity index is 1.68. The fourth-order valence-electron chi connectivity index (χ4n) is 4.93. The molecule has 1 aliphatic carbocycles. The van der Waals surface area contributed by atoms with Crippen LogP contribution in [0.15, 0.2) is 59.4 Å². The number of aromatic amines is 1. The largest absolute Gasteiger partial charge is 0.493 e. The van der Waals surface area contributed by atoms with Gasteiger partial charge in [-0.25, -0.2) is 0 Å². The Kier molecular flexibility index (Phi) is 5.24. The lowest BCUT2D eigenvalue weighted by Gasteiger charge is -2.17. The molecule has 0 radical (unpaired) electrons. The fourth-order valence-corrected chi connectivity index (χ4v) is 5.26. The quantitative estimate of drug-likeness (QED) is 0.234. The van der Waals surface area contributed by atoms with E-state index < -0.39 is 10.5 Å². The smallest absolute Gasteiger partial charge is 0.488 e. The Hall–Kier alpha value is -4.29. The van der Waals surface area contributed by atoms with Crippen LogP contribution in [0, 0.1) is 12.3 Å². The first-order valence-corrected chi connectivity index (χ1v) is 13.1. The van der Waals surface area contributed by atoms with Crippen molar-refractivity contribution < 1.29 is 21.2 Å². The number of H-pyrrole nitrogens is 1. The first-order chi connectivity index (χ1) is 17.8. The van der Waals surface area contributed by atoms with Crippen LogP contribution >= 0.6 is 0 Å². The number of nitrogens with zero attached hydrogens (tertiary/aromatic N) is 1. The maximum Gasteiger partial charge on any atom is 0.488 e. The third-order valence-electron chi connectivity index (χ3n) is 6.57. The Labute approximate surface area is 211 Å². The zero-order chi connectivity index (χ0) is 25.9. The van der Waals surface area contributed by atoms with Crippen molar-refractivity contribution in [1.82, 2.24) is 9.55 Å². The van der Waals surface area contributed by atoms with Gasteiger partial charge in [0.1, 0.15) is 17.1 Å². The van der Waals surface area contributed by atoms with Gasteiger partial charge in [-0.1, -0.05) is 28.0 Å². The number of fused-ring (bicyclic) bond motifs is 4. The molecule has 1 aliphatic rings. The highest BCUT2D eigenvalue weighted by molar-refractivity contribution is 7.81. The van der Waals surface area contributed by atoms with E-state index in [9.17, 15) is 17.1 Å². The molecule has 1 fully saturated rings. The molecule has 1 N–H and O–H groups in total. The van der Waals surface area contributed by atoms with E-state index >= 15 is 0 Å². The van der Waals surface area contributed by atoms with Crippen LogP contribution < -0.4 is 14.3 Å². The molecule has 0 atom stereocenters. The van der Waals surface area contributed by atoms with Gasteiger partial charge in [0.05, 0.1) is 22.9 Å². The van der Waals surface area contributed by atoms with E-state index in [1.54, 1.807) is 18.2 Å². The van der Waals surface area contributed by atoms with Gasteiger partial charge in [-0.05, 0) is 61.7 Å². The summed E-state index contributed by atoms with van der Waals surface area (Å²) in [6, 6.07) is 15.4. The van der Waals surface area contributed by atoms with Crippen LogP contribution in [-0.4, -0.2) is 24.6 Å². The summed E-state index contributed by atoms with van der Waals surface area (Å²) in [5, 5.41) is 1.90. The minimum Gasteiger partial charge on any atom is -0.493 e. The van der Waals surface area contributed by atoms with Gasteiger partial charge in [0.2, 0.25) is 0 Å². The average molecular weight is 517 g/mol. The highest BCUT2D eigenvalue weighted by Gasteiger charge is 2.29. The first-order valence-electron chi connectivity index (χ1n) is 11.8. The van der Waals surface area contributed by atoms with Crippen LogP contribution in [0.2, 0.25) is 0 Å². The molecule has 2 heterocycles. The minimum absolute atomic E-state index is 0.130. The maximum absolute atomic E-state index is 13.9. The highest BCUT2D eigenvalue weighted by Crippen LogP contribution is 2.43. The lowest BCUT2D eigenvalue weighted by Crippen LogP contribution is -2.11. The van der Waals surface area contributed by atoms with Gasteiger partial charge in [0, 0.05) is 28.1 Å². The molecule has 9 heteroatoms. The van der Waals surface area contributed by atoms with Crippen molar-refractivity contribution in [2.45, 2.75) is 25.8 Å². The second kappa shape index (κ2) is 8.39. The molecule has 1 saturated carbocycles. The summed E-state index contributed by atoms with van der Waals surface area (Å²) in [7, 11) is -5.18. The van der Waals surface area contributed by atoms with Crippen LogP contribution in [-0.2, 0) is 10.5 Å². The molecule has 37 heavy (non-hydrogen) atoms. The molecule has 0 aliphatic heterocycles. The van der Waals surface area contributed by atoms with E-state index in [2.05, 4.69) is 19.7 Å². The second-order valence-corrected chi connectivity index (χ2v) is 9.94. The van der Waals surface area contributed by atoms with Crippen LogP contribution in [0.5, 0.6) is 11.5 Å². The third kappa shape index (κ3) is 3.99. The van der Waals surface area contributed by atoms with Crippen LogP contribution in [0.4, 0.5) is 3.89 Å². The molecule has 0 saturated heterocycles. The molecule has 2 aromatic heterocycles. The van der Waals surface area contributed by atoms with E-state index in [0.717, 1.165) is 29.4 Å². The van der Waals surface area contributed by atoms with Crippen molar-refractivity contribution in [3.05, 3.63) is 70.4 Å². The van der Waals surface area contributed by atoms with Crippen molar-refractivity contribution in [2.75, 3.05) is 6.61 Å². The Morgan fingerprint density at radius 3 is 2.65 bits per heavy atom. The van der Waals surface area contributed by atoms with Crippen molar-refractivity contribution in [3.8, 4) is 35.0 Å². The monoisotopic (exact) mass is 516 g/mol.